The molecule has 0 N–H and O–H groups in total. The fourth-order valence-corrected chi connectivity index (χ4v) is 18.3. The molecular formula is C70H79BN2S. The molecule has 0 saturated heterocycles. The third kappa shape index (κ3) is 6.39. The standard InChI is InChI=1S/C70H79BN2S/c1-40-31-57-61-58(32-40)73(55-22-18-21-47-60(55)44-33-41-19-16-17-20-42(41)34-48(44)70(47,14)15)56-38-52-51(67(8,9)28-29-68(52,10)11)37-54(56)71(61)63-62(45-36-50-53(39-59(45)74-63)69(12,13)30-27-66(50,6)7)72(57)43-23-24-46-49(35-43)65(4,5)26-25-64(46,2)3/h16-24,31-38,45,53,59H,25-30,39H2,1-15H3/t45-,53?,59+/m1/s1. The van der Waals surface area contributed by atoms with E-state index in [1.165, 1.54) is 140 Å². The zero-order chi connectivity index (χ0) is 51.8. The Bertz CT molecular complexity index is 3550. The van der Waals surface area contributed by atoms with Crippen molar-refractivity contribution in [3.05, 3.63) is 158 Å². The zero-order valence-electron chi connectivity index (χ0n) is 47.4. The lowest BCUT2D eigenvalue weighted by molar-refractivity contribution is 0.107. The number of hydrogen-bond acceptors (Lipinski definition) is 3. The van der Waals surface area contributed by atoms with Crippen LogP contribution in [-0.2, 0) is 27.1 Å². The number of thioether (sulfide) groups is 1. The van der Waals surface area contributed by atoms with Gasteiger partial charge in [0.2, 0.25) is 0 Å². The van der Waals surface area contributed by atoms with E-state index < -0.39 is 0 Å². The van der Waals surface area contributed by atoms with Gasteiger partial charge >= 0.3 is 0 Å². The highest BCUT2D eigenvalue weighted by atomic mass is 32.2. The molecule has 1 fully saturated rings. The largest absolute Gasteiger partial charge is 0.314 e. The second-order valence-electron chi connectivity index (χ2n) is 29.3. The van der Waals surface area contributed by atoms with Gasteiger partial charge in [-0.2, -0.15) is 0 Å². The number of nitrogens with zero attached hydrogens (tertiary/aromatic N) is 2. The van der Waals surface area contributed by atoms with Gasteiger partial charge in [0, 0.05) is 50.6 Å². The summed E-state index contributed by atoms with van der Waals surface area (Å²) in [5, 5.41) is 3.11. The minimum absolute atomic E-state index is 0.0530. The zero-order valence-corrected chi connectivity index (χ0v) is 48.2. The first-order valence-corrected chi connectivity index (χ1v) is 29.6. The summed E-state index contributed by atoms with van der Waals surface area (Å²) in [5.41, 5.74) is 26.8. The Balaban J connectivity index is 1.09. The fraction of sp³-hybridized carbons (Fsp3) is 0.457. The van der Waals surface area contributed by atoms with Crippen LogP contribution in [0.2, 0.25) is 0 Å². The number of allylic oxidation sites excluding steroid dienone is 2. The quantitative estimate of drug-likeness (QED) is 0.126. The molecule has 74 heavy (non-hydrogen) atoms. The van der Waals surface area contributed by atoms with Crippen molar-refractivity contribution in [1.29, 1.82) is 0 Å². The van der Waals surface area contributed by atoms with Gasteiger partial charge in [0.1, 0.15) is 0 Å². The molecule has 0 bridgehead atoms. The molecule has 6 aromatic carbocycles. The molecule has 3 heterocycles. The van der Waals surface area contributed by atoms with E-state index in [9.17, 15) is 0 Å². The van der Waals surface area contributed by atoms with Crippen LogP contribution in [-0.4, -0.2) is 12.0 Å². The molecule has 1 saturated carbocycles. The van der Waals surface area contributed by atoms with Crippen molar-refractivity contribution in [2.75, 3.05) is 9.80 Å². The van der Waals surface area contributed by atoms with Crippen molar-refractivity contribution in [3.8, 4) is 11.1 Å². The molecule has 2 nitrogen and oxygen atoms in total. The van der Waals surface area contributed by atoms with Gasteiger partial charge in [0.05, 0.1) is 5.69 Å². The maximum absolute atomic E-state index is 2.87. The van der Waals surface area contributed by atoms with Crippen molar-refractivity contribution >= 4 is 68.6 Å². The minimum atomic E-state index is -0.156. The van der Waals surface area contributed by atoms with E-state index in [4.69, 9.17) is 0 Å². The maximum Gasteiger partial charge on any atom is 0.259 e. The Kier molecular flexibility index (Phi) is 9.61. The highest BCUT2D eigenvalue weighted by Crippen LogP contribution is 2.65. The Morgan fingerprint density at radius 3 is 1.81 bits per heavy atom. The summed E-state index contributed by atoms with van der Waals surface area (Å²) in [6.07, 6.45) is 11.5. The number of benzene rings is 6. The number of rotatable bonds is 2. The molecule has 3 aliphatic heterocycles. The molecule has 8 aliphatic rings. The van der Waals surface area contributed by atoms with Crippen LogP contribution in [0.1, 0.15) is 181 Å². The molecule has 378 valence electrons. The molecule has 14 rings (SSSR count). The first-order valence-electron chi connectivity index (χ1n) is 28.7. The first kappa shape index (κ1) is 47.5. The van der Waals surface area contributed by atoms with Crippen LogP contribution in [0.25, 0.3) is 21.9 Å². The van der Waals surface area contributed by atoms with E-state index in [0.717, 1.165) is 0 Å². The second kappa shape index (κ2) is 15.0. The summed E-state index contributed by atoms with van der Waals surface area (Å²) < 4.78 is 0. The summed E-state index contributed by atoms with van der Waals surface area (Å²) in [6, 6.07) is 39.8. The summed E-state index contributed by atoms with van der Waals surface area (Å²) >= 11 is 2.29. The van der Waals surface area contributed by atoms with Crippen LogP contribution >= 0.6 is 11.8 Å². The van der Waals surface area contributed by atoms with Gasteiger partial charge in [-0.15, -0.1) is 11.8 Å². The van der Waals surface area contributed by atoms with Gasteiger partial charge in [-0.25, -0.2) is 0 Å². The van der Waals surface area contributed by atoms with Gasteiger partial charge < -0.3 is 9.80 Å². The molecule has 4 heteroatoms. The smallest absolute Gasteiger partial charge is 0.259 e. The molecule has 0 aromatic heterocycles. The van der Waals surface area contributed by atoms with Crippen LogP contribution < -0.4 is 20.7 Å². The molecule has 0 radical (unpaired) electrons. The van der Waals surface area contributed by atoms with Crippen LogP contribution in [0.3, 0.4) is 0 Å². The second-order valence-corrected chi connectivity index (χ2v) is 30.6. The molecule has 6 aromatic rings. The lowest BCUT2D eigenvalue weighted by Gasteiger charge is -2.52. The molecular weight excluding hydrogens is 912 g/mol. The minimum Gasteiger partial charge on any atom is -0.314 e. The van der Waals surface area contributed by atoms with Crippen LogP contribution in [0.4, 0.5) is 28.4 Å². The highest BCUT2D eigenvalue weighted by molar-refractivity contribution is 8.06. The maximum atomic E-state index is 2.87. The van der Waals surface area contributed by atoms with E-state index >= 15 is 0 Å². The topological polar surface area (TPSA) is 6.48 Å². The van der Waals surface area contributed by atoms with E-state index in [1.54, 1.807) is 21.6 Å². The summed E-state index contributed by atoms with van der Waals surface area (Å²) in [7, 11) is 0. The first-order chi connectivity index (χ1) is 34.8. The van der Waals surface area contributed by atoms with Crippen LogP contribution in [0.5, 0.6) is 0 Å². The Morgan fingerprint density at radius 2 is 1.12 bits per heavy atom. The predicted molar refractivity (Wildman–Crippen MR) is 320 cm³/mol. The number of anilines is 5. The van der Waals surface area contributed by atoms with Gasteiger partial charge in [-0.05, 0) is 210 Å². The summed E-state index contributed by atoms with van der Waals surface area (Å²) in [5.74, 6) is 0.919. The molecule has 0 spiro atoms. The van der Waals surface area contributed by atoms with E-state index in [2.05, 4.69) is 229 Å². The molecule has 0 amide bonds. The number of fused-ring (bicyclic) bond motifs is 12. The van der Waals surface area contributed by atoms with Crippen molar-refractivity contribution in [2.45, 2.75) is 181 Å². The van der Waals surface area contributed by atoms with Gasteiger partial charge in [0.15, 0.2) is 0 Å². The highest BCUT2D eigenvalue weighted by Gasteiger charge is 2.57. The normalized spacial score (nSPS) is 25.9. The molecule has 3 atom stereocenters. The van der Waals surface area contributed by atoms with E-state index in [-0.39, 0.29) is 44.6 Å². The average Bonchev–Trinajstić information content (AvgIpc) is 3.88. The van der Waals surface area contributed by atoms with E-state index in [1.807, 2.05) is 0 Å². The van der Waals surface area contributed by atoms with E-state index in [0.29, 0.717) is 17.1 Å². The third-order valence-electron chi connectivity index (χ3n) is 21.6. The molecule has 1 unspecified atom stereocenters. The van der Waals surface area contributed by atoms with Crippen molar-refractivity contribution in [2.24, 2.45) is 22.7 Å². The Hall–Kier alpha value is -4.93. The summed E-state index contributed by atoms with van der Waals surface area (Å²) in [6.45, 7) is 37.8. The van der Waals surface area contributed by atoms with Crippen molar-refractivity contribution < 1.29 is 0 Å². The fourth-order valence-electron chi connectivity index (χ4n) is 16.6. The lowest BCUT2D eigenvalue weighted by Crippen LogP contribution is -2.56. The average molecular weight is 991 g/mol. The monoisotopic (exact) mass is 991 g/mol. The van der Waals surface area contributed by atoms with Crippen molar-refractivity contribution in [1.82, 2.24) is 0 Å². The van der Waals surface area contributed by atoms with Gasteiger partial charge in [0.25, 0.3) is 6.71 Å². The molecule has 5 aliphatic carbocycles. The SMILES string of the molecule is Cc1cc2c3c(c1)N(c1cccc4c1-c1cc5ccccc5cc1C4(C)C)c1cc4c(cc1B3C1=C([C@@H]3C=C5C(C[C@@H]3S1)C(C)(C)CCC5(C)C)N2c1ccc2c(c1)C(C)(C)CCC2(C)C)C(C)(C)CCC4(C)C. The predicted octanol–water partition coefficient (Wildman–Crippen LogP) is 18.0. The van der Waals surface area contributed by atoms with Crippen molar-refractivity contribution in [3.63, 3.8) is 0 Å². The lowest BCUT2D eigenvalue weighted by atomic mass is 9.36. The Labute approximate surface area is 449 Å². The number of hydrogen-bond donors (Lipinski definition) is 0. The number of aryl methyl sites for hydroxylation is 1. The van der Waals surface area contributed by atoms with Gasteiger partial charge in [-0.3, -0.25) is 0 Å². The third-order valence-corrected chi connectivity index (χ3v) is 23.0. The van der Waals surface area contributed by atoms with Gasteiger partial charge in [-0.1, -0.05) is 157 Å². The van der Waals surface area contributed by atoms with Crippen LogP contribution in [0.15, 0.2) is 119 Å². The summed E-state index contributed by atoms with van der Waals surface area (Å²) in [4.78, 5) is 7.26. The Morgan fingerprint density at radius 1 is 0.514 bits per heavy atom. The van der Waals surface area contributed by atoms with Crippen LogP contribution in [0, 0.1) is 29.6 Å².